The van der Waals surface area contributed by atoms with Crippen molar-refractivity contribution in [2.24, 2.45) is 0 Å². The Kier molecular flexibility index (Phi) is 7.08. The van der Waals surface area contributed by atoms with E-state index in [9.17, 15) is 0 Å². The Morgan fingerprint density at radius 1 is 0.808 bits per heavy atom. The predicted molar refractivity (Wildman–Crippen MR) is 99.8 cm³/mol. The zero-order valence-corrected chi connectivity index (χ0v) is 17.5. The van der Waals surface area contributed by atoms with Gasteiger partial charge in [0.05, 0.1) is 0 Å². The van der Waals surface area contributed by atoms with Crippen molar-refractivity contribution in [2.75, 3.05) is 0 Å². The molecular weight excluding hydrogens is 438 g/mol. The van der Waals surface area contributed by atoms with Gasteiger partial charge >= 0.3 is 148 Å². The van der Waals surface area contributed by atoms with E-state index in [0.29, 0.717) is 3.63 Å². The van der Waals surface area contributed by atoms with Crippen molar-refractivity contribution in [1.29, 1.82) is 0 Å². The summed E-state index contributed by atoms with van der Waals surface area (Å²) in [6.07, 6.45) is 8.10. The van der Waals surface area contributed by atoms with Crippen molar-refractivity contribution in [2.45, 2.75) is 17.5 Å². The SMILES string of the molecule is C.C1=CC[C]([Zr+2][CH]2c3ccccc3-c3c2ccc2ccccc32)=C1.[Cl-].[Cl-]. The smallest absolute Gasteiger partial charge is 1.00 e. The Bertz CT molecular complexity index is 988. The van der Waals surface area contributed by atoms with Crippen LogP contribution >= 0.6 is 0 Å². The minimum Gasteiger partial charge on any atom is -1.00 e. The van der Waals surface area contributed by atoms with Crippen LogP contribution in [0.4, 0.5) is 0 Å². The van der Waals surface area contributed by atoms with Gasteiger partial charge in [-0.2, -0.15) is 0 Å². The van der Waals surface area contributed by atoms with E-state index in [1.54, 1.807) is 14.4 Å². The molecule has 0 amide bonds. The number of rotatable bonds is 2. The van der Waals surface area contributed by atoms with Crippen LogP contribution in [0.15, 0.2) is 82.2 Å². The summed E-state index contributed by atoms with van der Waals surface area (Å²) in [5.41, 5.74) is 6.11. The van der Waals surface area contributed by atoms with Crippen LogP contribution in [0.3, 0.4) is 0 Å². The monoisotopic (exact) mass is 456 g/mol. The quantitative estimate of drug-likeness (QED) is 0.524. The first-order valence-corrected chi connectivity index (χ1v) is 10.8. The molecule has 2 aliphatic rings. The average molecular weight is 459 g/mol. The molecule has 0 N–H and O–H groups in total. The molecule has 3 aromatic carbocycles. The second-order valence-electron chi connectivity index (χ2n) is 6.24. The minimum absolute atomic E-state index is 0. The summed E-state index contributed by atoms with van der Waals surface area (Å²) in [5.74, 6) is 0. The first-order valence-electron chi connectivity index (χ1n) is 8.15. The zero-order valence-electron chi connectivity index (χ0n) is 13.5. The molecule has 0 saturated heterocycles. The van der Waals surface area contributed by atoms with Gasteiger partial charge in [-0.25, -0.2) is 0 Å². The van der Waals surface area contributed by atoms with E-state index >= 15 is 0 Å². The number of fused-ring (bicyclic) bond motifs is 5. The molecule has 5 rings (SSSR count). The maximum absolute atomic E-state index is 2.39. The van der Waals surface area contributed by atoms with Gasteiger partial charge in [-0.1, -0.05) is 7.43 Å². The molecule has 1 atom stereocenters. The third kappa shape index (κ3) is 3.38. The summed E-state index contributed by atoms with van der Waals surface area (Å²) < 4.78 is 2.38. The molecule has 0 nitrogen and oxygen atoms in total. The van der Waals surface area contributed by atoms with Crippen LogP contribution in [0, 0.1) is 0 Å². The van der Waals surface area contributed by atoms with Gasteiger partial charge in [0.15, 0.2) is 0 Å². The number of allylic oxidation sites excluding steroid dienone is 4. The van der Waals surface area contributed by atoms with Gasteiger partial charge in [0.25, 0.3) is 0 Å². The molecular formula is C23H20Cl2Zr. The van der Waals surface area contributed by atoms with Crippen LogP contribution in [0.1, 0.15) is 28.6 Å². The standard InChI is InChI=1S/C17H11.C5H5.CH4.2ClH.Zr/c1-3-7-15-12(5-1)9-10-14-11-13-6-2-4-8-16(13)17(14)15;1-2-4-5-3-1;;;;/h1-11H;1-3H,4H2;1H4;2*1H;/q;;;;;+2/p-2. The Labute approximate surface area is 179 Å². The van der Waals surface area contributed by atoms with Crippen LogP contribution in [-0.2, 0) is 23.2 Å². The molecule has 0 aliphatic heterocycles. The molecule has 0 saturated carbocycles. The third-order valence-corrected chi connectivity index (χ3v) is 8.98. The van der Waals surface area contributed by atoms with Crippen molar-refractivity contribution in [3.8, 4) is 11.1 Å². The van der Waals surface area contributed by atoms with Gasteiger partial charge in [0, 0.05) is 0 Å². The average Bonchev–Trinajstić information content (AvgIpc) is 3.22. The Balaban J connectivity index is 0.000000810. The van der Waals surface area contributed by atoms with Crippen LogP contribution in [-0.4, -0.2) is 0 Å². The third-order valence-electron chi connectivity index (χ3n) is 4.91. The predicted octanol–water partition coefficient (Wildman–Crippen LogP) is 0.480. The van der Waals surface area contributed by atoms with E-state index in [2.05, 4.69) is 78.9 Å². The molecule has 1 unspecified atom stereocenters. The second kappa shape index (κ2) is 8.70. The van der Waals surface area contributed by atoms with Gasteiger partial charge < -0.3 is 24.8 Å². The summed E-state index contributed by atoms with van der Waals surface area (Å²) in [7, 11) is 0. The number of hydrogen-bond donors (Lipinski definition) is 0. The van der Waals surface area contributed by atoms with E-state index in [-0.39, 0.29) is 32.2 Å². The number of hydrogen-bond acceptors (Lipinski definition) is 0. The molecule has 2 aliphatic carbocycles. The molecule has 0 bridgehead atoms. The molecule has 26 heavy (non-hydrogen) atoms. The van der Waals surface area contributed by atoms with Crippen molar-refractivity contribution in [3.63, 3.8) is 0 Å². The topological polar surface area (TPSA) is 0 Å². The molecule has 3 aromatic rings. The maximum atomic E-state index is 2.39. The Hall–Kier alpha value is -1.14. The Morgan fingerprint density at radius 3 is 2.38 bits per heavy atom. The summed E-state index contributed by atoms with van der Waals surface area (Å²) in [6, 6.07) is 22.6. The van der Waals surface area contributed by atoms with E-state index in [4.69, 9.17) is 0 Å². The fourth-order valence-corrected chi connectivity index (χ4v) is 7.81. The summed E-state index contributed by atoms with van der Waals surface area (Å²) >= 11 is -0.647. The Morgan fingerprint density at radius 2 is 1.58 bits per heavy atom. The first-order chi connectivity index (χ1) is 11.4. The summed E-state index contributed by atoms with van der Waals surface area (Å²) in [5, 5.41) is 2.77. The maximum Gasteiger partial charge on any atom is -1.00 e. The largest absolute Gasteiger partial charge is 1.00 e. The second-order valence-corrected chi connectivity index (χ2v) is 9.95. The van der Waals surface area contributed by atoms with Gasteiger partial charge in [-0.3, -0.25) is 0 Å². The molecule has 0 spiro atoms. The molecule has 0 heterocycles. The molecule has 0 aromatic heterocycles. The van der Waals surface area contributed by atoms with Gasteiger partial charge in [0.2, 0.25) is 0 Å². The van der Waals surface area contributed by atoms with E-state index in [1.165, 1.54) is 28.3 Å². The molecule has 0 radical (unpaired) electrons. The zero-order chi connectivity index (χ0) is 15.2. The van der Waals surface area contributed by atoms with Crippen LogP contribution in [0.25, 0.3) is 21.9 Å². The number of benzene rings is 3. The van der Waals surface area contributed by atoms with Crippen LogP contribution in [0.2, 0.25) is 0 Å². The summed E-state index contributed by atoms with van der Waals surface area (Å²) in [6.45, 7) is 0. The fourth-order valence-electron chi connectivity index (χ4n) is 3.87. The molecule has 0 fully saturated rings. The van der Waals surface area contributed by atoms with Gasteiger partial charge in [-0.15, -0.1) is 0 Å². The fraction of sp³-hybridized carbons (Fsp3) is 0.130. The van der Waals surface area contributed by atoms with Crippen LogP contribution in [0.5, 0.6) is 0 Å². The van der Waals surface area contributed by atoms with Gasteiger partial charge in [0.1, 0.15) is 0 Å². The molecule has 3 heteroatoms. The normalized spacial score (nSPS) is 15.7. The van der Waals surface area contributed by atoms with Crippen molar-refractivity contribution < 1.29 is 48.0 Å². The van der Waals surface area contributed by atoms with E-state index in [0.717, 1.165) is 0 Å². The van der Waals surface area contributed by atoms with E-state index < -0.39 is 23.2 Å². The molecule has 130 valence electrons. The minimum atomic E-state index is -0.647. The van der Waals surface area contributed by atoms with E-state index in [1.807, 2.05) is 0 Å². The van der Waals surface area contributed by atoms with Crippen molar-refractivity contribution in [1.82, 2.24) is 0 Å². The summed E-state index contributed by atoms with van der Waals surface area (Å²) in [4.78, 5) is 0. The van der Waals surface area contributed by atoms with Crippen molar-refractivity contribution >= 4 is 10.8 Å². The van der Waals surface area contributed by atoms with Crippen LogP contribution < -0.4 is 24.8 Å². The van der Waals surface area contributed by atoms with Gasteiger partial charge in [-0.05, 0) is 0 Å². The van der Waals surface area contributed by atoms with Crippen molar-refractivity contribution in [3.05, 3.63) is 93.3 Å². The first kappa shape index (κ1) is 21.2. The number of halogens is 2.